The van der Waals surface area contributed by atoms with Gasteiger partial charge in [-0.2, -0.15) is 0 Å². The van der Waals surface area contributed by atoms with E-state index in [2.05, 4.69) is 133 Å². The predicted molar refractivity (Wildman–Crippen MR) is 147 cm³/mol. The Morgan fingerprint density at radius 3 is 1.71 bits per heavy atom. The fourth-order valence-electron chi connectivity index (χ4n) is 5.30. The lowest BCUT2D eigenvalue weighted by Crippen LogP contribution is -2.18. The molecule has 0 atom stereocenters. The van der Waals surface area contributed by atoms with Crippen LogP contribution in [-0.2, 0) is 0 Å². The normalized spacial score (nSPS) is 13.6. The molecule has 0 bridgehead atoms. The quantitative estimate of drug-likeness (QED) is 0.253. The second-order valence-corrected chi connectivity index (χ2v) is 8.97. The van der Waals surface area contributed by atoms with Crippen molar-refractivity contribution >= 4 is 32.9 Å². The van der Waals surface area contributed by atoms with E-state index in [1.54, 1.807) is 0 Å². The standard InChI is InChI=1S/C33H27N/c1-24-13-12-18-27(23-24)34(26-16-6-3-7-17-26)33-30-21-10-8-19-28(30)32(25-14-4-2-5-15-25)29-20-9-11-22-31(29)33/h2-11,13-17,19-23H,12,18H2,1H3. The Labute approximate surface area is 201 Å². The van der Waals surface area contributed by atoms with Crippen LogP contribution in [0.1, 0.15) is 19.8 Å². The van der Waals surface area contributed by atoms with Crippen molar-refractivity contribution in [1.82, 2.24) is 0 Å². The van der Waals surface area contributed by atoms with Gasteiger partial charge in [0.15, 0.2) is 0 Å². The molecule has 0 aliphatic heterocycles. The molecule has 0 heterocycles. The average Bonchev–Trinajstić information content (AvgIpc) is 2.90. The monoisotopic (exact) mass is 437 g/mol. The first-order chi connectivity index (χ1) is 16.8. The van der Waals surface area contributed by atoms with E-state index in [0.29, 0.717) is 0 Å². The highest BCUT2D eigenvalue weighted by atomic mass is 15.2. The second-order valence-electron chi connectivity index (χ2n) is 8.97. The van der Waals surface area contributed by atoms with Crippen LogP contribution in [0, 0.1) is 0 Å². The van der Waals surface area contributed by atoms with Gasteiger partial charge in [0.1, 0.15) is 0 Å². The van der Waals surface area contributed by atoms with Crippen molar-refractivity contribution < 1.29 is 0 Å². The molecule has 164 valence electrons. The molecule has 0 N–H and O–H groups in total. The molecule has 0 unspecified atom stereocenters. The molecule has 1 nitrogen and oxygen atoms in total. The lowest BCUT2D eigenvalue weighted by atomic mass is 9.89. The summed E-state index contributed by atoms with van der Waals surface area (Å²) in [6.07, 6.45) is 6.78. The highest BCUT2D eigenvalue weighted by Gasteiger charge is 2.23. The molecule has 5 aromatic rings. The van der Waals surface area contributed by atoms with E-state index in [0.717, 1.165) is 12.8 Å². The number of benzene rings is 5. The van der Waals surface area contributed by atoms with Crippen LogP contribution in [0.3, 0.4) is 0 Å². The Morgan fingerprint density at radius 2 is 1.12 bits per heavy atom. The Hall–Kier alpha value is -4.10. The topological polar surface area (TPSA) is 3.24 Å². The molecule has 0 spiro atoms. The smallest absolute Gasteiger partial charge is 0.0615 e. The van der Waals surface area contributed by atoms with E-state index in [9.17, 15) is 0 Å². The van der Waals surface area contributed by atoms with E-state index in [1.165, 1.54) is 55.3 Å². The van der Waals surface area contributed by atoms with Gasteiger partial charge in [-0.05, 0) is 59.9 Å². The maximum atomic E-state index is 2.50. The number of nitrogens with zero attached hydrogens (tertiary/aromatic N) is 1. The van der Waals surface area contributed by atoms with Crippen molar-refractivity contribution in [3.63, 3.8) is 0 Å². The molecule has 1 aliphatic rings. The summed E-state index contributed by atoms with van der Waals surface area (Å²) in [4.78, 5) is 2.50. The molecule has 1 heteroatoms. The molecule has 0 saturated heterocycles. The maximum absolute atomic E-state index is 2.50. The van der Waals surface area contributed by atoms with Crippen molar-refractivity contribution in [1.29, 1.82) is 0 Å². The molecule has 34 heavy (non-hydrogen) atoms. The van der Waals surface area contributed by atoms with Crippen LogP contribution in [0.15, 0.2) is 133 Å². The van der Waals surface area contributed by atoms with Crippen molar-refractivity contribution in [2.45, 2.75) is 19.8 Å². The van der Waals surface area contributed by atoms with Gasteiger partial charge < -0.3 is 4.90 Å². The summed E-state index contributed by atoms with van der Waals surface area (Å²) in [5.74, 6) is 0. The highest BCUT2D eigenvalue weighted by molar-refractivity contribution is 6.21. The summed E-state index contributed by atoms with van der Waals surface area (Å²) in [6.45, 7) is 2.21. The number of hydrogen-bond donors (Lipinski definition) is 0. The third-order valence-corrected chi connectivity index (χ3v) is 6.75. The summed E-state index contributed by atoms with van der Waals surface area (Å²) < 4.78 is 0. The van der Waals surface area contributed by atoms with Crippen molar-refractivity contribution in [3.05, 3.63) is 133 Å². The number of para-hydroxylation sites is 1. The van der Waals surface area contributed by atoms with E-state index in [-0.39, 0.29) is 0 Å². The minimum absolute atomic E-state index is 1.02. The van der Waals surface area contributed by atoms with Crippen LogP contribution in [0.2, 0.25) is 0 Å². The van der Waals surface area contributed by atoms with Crippen LogP contribution in [0.5, 0.6) is 0 Å². The van der Waals surface area contributed by atoms with Crippen molar-refractivity contribution in [2.24, 2.45) is 0 Å². The van der Waals surface area contributed by atoms with Gasteiger partial charge in [0.25, 0.3) is 0 Å². The lowest BCUT2D eigenvalue weighted by Gasteiger charge is -2.32. The first kappa shape index (κ1) is 20.5. The van der Waals surface area contributed by atoms with Crippen molar-refractivity contribution in [3.8, 4) is 11.1 Å². The minimum Gasteiger partial charge on any atom is -0.313 e. The van der Waals surface area contributed by atoms with Crippen molar-refractivity contribution in [2.75, 3.05) is 4.90 Å². The summed E-state index contributed by atoms with van der Waals surface area (Å²) in [7, 11) is 0. The molecule has 6 rings (SSSR count). The van der Waals surface area contributed by atoms with E-state index >= 15 is 0 Å². The van der Waals surface area contributed by atoms with Crippen LogP contribution >= 0.6 is 0 Å². The second kappa shape index (κ2) is 8.68. The third kappa shape index (κ3) is 3.50. The number of fused-ring (bicyclic) bond motifs is 2. The van der Waals surface area contributed by atoms with Gasteiger partial charge in [0.2, 0.25) is 0 Å². The molecule has 5 aromatic carbocycles. The third-order valence-electron chi connectivity index (χ3n) is 6.75. The Bertz CT molecular complexity index is 1490. The first-order valence-corrected chi connectivity index (χ1v) is 12.0. The fraction of sp³-hybridized carbons (Fsp3) is 0.0909. The largest absolute Gasteiger partial charge is 0.313 e. The van der Waals surface area contributed by atoms with Crippen LogP contribution < -0.4 is 4.90 Å². The molecule has 1 aliphatic carbocycles. The lowest BCUT2D eigenvalue weighted by molar-refractivity contribution is 0.908. The summed E-state index contributed by atoms with van der Waals surface area (Å²) in [5.41, 5.74) is 7.69. The van der Waals surface area contributed by atoms with E-state index in [4.69, 9.17) is 0 Å². The van der Waals surface area contributed by atoms with E-state index < -0.39 is 0 Å². The van der Waals surface area contributed by atoms with Gasteiger partial charge in [0.05, 0.1) is 5.69 Å². The summed E-state index contributed by atoms with van der Waals surface area (Å²) in [6, 6.07) is 39.4. The van der Waals surface area contributed by atoms with Crippen LogP contribution in [0.25, 0.3) is 32.7 Å². The van der Waals surface area contributed by atoms with Gasteiger partial charge in [-0.1, -0.05) is 109 Å². The zero-order valence-electron chi connectivity index (χ0n) is 19.4. The fourth-order valence-corrected chi connectivity index (χ4v) is 5.30. The van der Waals surface area contributed by atoms with Gasteiger partial charge in [-0.25, -0.2) is 0 Å². The Balaban J connectivity index is 1.76. The Morgan fingerprint density at radius 1 is 0.588 bits per heavy atom. The number of allylic oxidation sites excluding steroid dienone is 4. The number of anilines is 2. The maximum Gasteiger partial charge on any atom is 0.0615 e. The van der Waals surface area contributed by atoms with Gasteiger partial charge >= 0.3 is 0 Å². The molecule has 0 radical (unpaired) electrons. The predicted octanol–water partition coefficient (Wildman–Crippen LogP) is 9.42. The average molecular weight is 438 g/mol. The molecule has 0 amide bonds. The molecular formula is C33H27N. The number of rotatable bonds is 4. The molecule has 0 aromatic heterocycles. The molecular weight excluding hydrogens is 410 g/mol. The van der Waals surface area contributed by atoms with Gasteiger partial charge in [0, 0.05) is 22.2 Å². The number of hydrogen-bond acceptors (Lipinski definition) is 1. The molecule has 0 fully saturated rings. The summed E-state index contributed by atoms with van der Waals surface area (Å²) >= 11 is 0. The SMILES string of the molecule is CC1=CCCC(N(c2ccccc2)c2c3ccccc3c(-c3ccccc3)c3ccccc23)=C1. The Kier molecular flexibility index (Phi) is 5.24. The first-order valence-electron chi connectivity index (χ1n) is 12.0. The van der Waals surface area contributed by atoms with Crippen LogP contribution in [-0.4, -0.2) is 0 Å². The van der Waals surface area contributed by atoms with E-state index in [1.807, 2.05) is 0 Å². The zero-order chi connectivity index (χ0) is 22.9. The van der Waals surface area contributed by atoms with Gasteiger partial charge in [-0.15, -0.1) is 0 Å². The van der Waals surface area contributed by atoms with Crippen LogP contribution in [0.4, 0.5) is 11.4 Å². The van der Waals surface area contributed by atoms with Gasteiger partial charge in [-0.3, -0.25) is 0 Å². The molecule has 0 saturated carbocycles. The highest BCUT2D eigenvalue weighted by Crippen LogP contribution is 2.47. The minimum atomic E-state index is 1.02. The zero-order valence-corrected chi connectivity index (χ0v) is 19.4. The summed E-state index contributed by atoms with van der Waals surface area (Å²) in [5, 5.41) is 5.12.